The molecule has 1 aromatic rings. The average Bonchev–Trinajstić information content (AvgIpc) is 2.96. The van der Waals surface area contributed by atoms with Crippen LogP contribution in [0.4, 0.5) is 11.6 Å². The van der Waals surface area contributed by atoms with Crippen molar-refractivity contribution in [2.45, 2.75) is 45.7 Å². The predicted octanol–water partition coefficient (Wildman–Crippen LogP) is 2.22. The number of piperazine rings is 1. The molecule has 2 saturated heterocycles. The summed E-state index contributed by atoms with van der Waals surface area (Å²) in [7, 11) is 2.22. The van der Waals surface area contributed by atoms with Gasteiger partial charge in [0.25, 0.3) is 0 Å². The second kappa shape index (κ2) is 5.44. The van der Waals surface area contributed by atoms with E-state index in [-0.39, 0.29) is 0 Å². The molecule has 0 amide bonds. The zero-order valence-corrected chi connectivity index (χ0v) is 13.6. The molecule has 3 rings (SSSR count). The van der Waals surface area contributed by atoms with Gasteiger partial charge in [0.2, 0.25) is 0 Å². The van der Waals surface area contributed by atoms with Crippen LogP contribution in [0.3, 0.4) is 0 Å². The van der Waals surface area contributed by atoms with Crippen molar-refractivity contribution < 1.29 is 0 Å². The van der Waals surface area contributed by atoms with Crippen LogP contribution in [0.5, 0.6) is 0 Å². The highest BCUT2D eigenvalue weighted by molar-refractivity contribution is 5.51. The van der Waals surface area contributed by atoms with Gasteiger partial charge in [-0.15, -0.1) is 0 Å². The van der Waals surface area contributed by atoms with Crippen molar-refractivity contribution in [3.63, 3.8) is 0 Å². The zero-order chi connectivity index (χ0) is 15.0. The molecule has 2 aliphatic rings. The van der Waals surface area contributed by atoms with Gasteiger partial charge in [-0.2, -0.15) is 0 Å². The van der Waals surface area contributed by atoms with Crippen LogP contribution in [0.15, 0.2) is 12.4 Å². The maximum atomic E-state index is 4.48. The van der Waals surface area contributed by atoms with Crippen LogP contribution in [0.1, 0.15) is 33.6 Å². The lowest BCUT2D eigenvalue weighted by Gasteiger charge is -2.32. The van der Waals surface area contributed by atoms with E-state index >= 15 is 0 Å². The Balaban J connectivity index is 1.62. The fraction of sp³-hybridized carbons (Fsp3) is 0.750. The van der Waals surface area contributed by atoms with E-state index in [1.807, 2.05) is 0 Å². The van der Waals surface area contributed by atoms with Gasteiger partial charge in [-0.1, -0.05) is 20.8 Å². The summed E-state index contributed by atoms with van der Waals surface area (Å²) >= 11 is 0. The number of anilines is 2. The van der Waals surface area contributed by atoms with Gasteiger partial charge in [-0.3, -0.25) is 4.90 Å². The highest BCUT2D eigenvalue weighted by Crippen LogP contribution is 2.33. The second-order valence-electron chi connectivity index (χ2n) is 7.63. The van der Waals surface area contributed by atoms with E-state index in [4.69, 9.17) is 0 Å². The van der Waals surface area contributed by atoms with E-state index in [0.717, 1.165) is 37.7 Å². The first-order valence-corrected chi connectivity index (χ1v) is 7.95. The fourth-order valence-electron chi connectivity index (χ4n) is 3.31. The third-order valence-electron chi connectivity index (χ3n) is 4.64. The lowest BCUT2D eigenvalue weighted by atomic mass is 9.92. The van der Waals surface area contributed by atoms with Crippen LogP contribution >= 0.6 is 0 Å². The summed E-state index contributed by atoms with van der Waals surface area (Å²) in [5, 5.41) is 3.43. The molecule has 1 N–H and O–H groups in total. The Morgan fingerprint density at radius 2 is 2.05 bits per heavy atom. The van der Waals surface area contributed by atoms with Crippen LogP contribution in [-0.2, 0) is 0 Å². The van der Waals surface area contributed by atoms with Gasteiger partial charge in [0, 0.05) is 37.8 Å². The molecule has 5 nitrogen and oxygen atoms in total. The number of nitrogens with one attached hydrogen (secondary N) is 1. The van der Waals surface area contributed by atoms with Crippen molar-refractivity contribution >= 4 is 11.6 Å². The van der Waals surface area contributed by atoms with Crippen molar-refractivity contribution in [2.24, 2.45) is 5.41 Å². The lowest BCUT2D eigenvalue weighted by molar-refractivity contribution is 0.292. The first kappa shape index (κ1) is 14.6. The summed E-state index contributed by atoms with van der Waals surface area (Å²) in [6, 6.07) is 3.42. The van der Waals surface area contributed by atoms with Gasteiger partial charge in [-0.25, -0.2) is 9.97 Å². The van der Waals surface area contributed by atoms with E-state index in [1.54, 1.807) is 6.33 Å². The molecule has 0 saturated carbocycles. The number of hydrogen-bond donors (Lipinski definition) is 1. The summed E-state index contributed by atoms with van der Waals surface area (Å²) in [6.07, 6.45) is 4.09. The molecule has 0 radical (unpaired) electrons. The molecule has 2 atom stereocenters. The quantitative estimate of drug-likeness (QED) is 0.921. The van der Waals surface area contributed by atoms with E-state index in [1.165, 1.54) is 6.42 Å². The van der Waals surface area contributed by atoms with Crippen molar-refractivity contribution in [3.05, 3.63) is 12.4 Å². The molecule has 0 aliphatic carbocycles. The number of likely N-dealkylation sites (N-methyl/N-ethyl adjacent to an activating group) is 1. The van der Waals surface area contributed by atoms with Crippen molar-refractivity contribution in [3.8, 4) is 0 Å². The van der Waals surface area contributed by atoms with E-state index in [0.29, 0.717) is 17.5 Å². The SMILES string of the molecule is CN1CC2CC1CN2c1cc(NCCC(C)(C)C)ncn1. The van der Waals surface area contributed by atoms with Crippen molar-refractivity contribution in [1.29, 1.82) is 0 Å². The molecule has 116 valence electrons. The van der Waals surface area contributed by atoms with Gasteiger partial charge >= 0.3 is 0 Å². The van der Waals surface area contributed by atoms with Crippen LogP contribution in [0.25, 0.3) is 0 Å². The summed E-state index contributed by atoms with van der Waals surface area (Å²) in [6.45, 7) is 9.99. The van der Waals surface area contributed by atoms with Crippen molar-refractivity contribution in [2.75, 3.05) is 36.9 Å². The summed E-state index contributed by atoms with van der Waals surface area (Å²) in [5.74, 6) is 2.02. The Kier molecular flexibility index (Phi) is 3.78. The summed E-state index contributed by atoms with van der Waals surface area (Å²) in [4.78, 5) is 13.7. The Labute approximate surface area is 127 Å². The first-order chi connectivity index (χ1) is 9.92. The van der Waals surface area contributed by atoms with Gasteiger partial charge in [0.1, 0.15) is 18.0 Å². The fourth-order valence-corrected chi connectivity index (χ4v) is 3.31. The highest BCUT2D eigenvalue weighted by Gasteiger charge is 2.41. The predicted molar refractivity (Wildman–Crippen MR) is 86.8 cm³/mol. The molecule has 1 aromatic heterocycles. The summed E-state index contributed by atoms with van der Waals surface area (Å²) in [5.41, 5.74) is 0.349. The molecular weight excluding hydrogens is 262 g/mol. The number of hydrogen-bond acceptors (Lipinski definition) is 5. The highest BCUT2D eigenvalue weighted by atomic mass is 15.4. The van der Waals surface area contributed by atoms with E-state index in [9.17, 15) is 0 Å². The number of rotatable bonds is 4. The molecule has 2 bridgehead atoms. The molecule has 5 heteroatoms. The maximum Gasteiger partial charge on any atom is 0.134 e. The van der Waals surface area contributed by atoms with Crippen LogP contribution in [0, 0.1) is 5.41 Å². The number of fused-ring (bicyclic) bond motifs is 2. The summed E-state index contributed by atoms with van der Waals surface area (Å²) < 4.78 is 0. The normalized spacial score (nSPS) is 25.6. The van der Waals surface area contributed by atoms with E-state index in [2.05, 4.69) is 59.0 Å². The van der Waals surface area contributed by atoms with Crippen LogP contribution in [-0.4, -0.2) is 53.6 Å². The zero-order valence-electron chi connectivity index (χ0n) is 13.6. The Morgan fingerprint density at radius 3 is 2.67 bits per heavy atom. The van der Waals surface area contributed by atoms with E-state index < -0.39 is 0 Å². The van der Waals surface area contributed by atoms with Gasteiger partial charge in [-0.05, 0) is 25.3 Å². The molecule has 2 fully saturated rings. The number of aromatic nitrogens is 2. The second-order valence-corrected chi connectivity index (χ2v) is 7.63. The lowest BCUT2D eigenvalue weighted by Crippen LogP contribution is -2.44. The molecule has 2 unspecified atom stereocenters. The first-order valence-electron chi connectivity index (χ1n) is 7.95. The Hall–Kier alpha value is -1.36. The molecule has 3 heterocycles. The average molecular weight is 289 g/mol. The van der Waals surface area contributed by atoms with Crippen molar-refractivity contribution in [1.82, 2.24) is 14.9 Å². The third-order valence-corrected chi connectivity index (χ3v) is 4.64. The number of likely N-dealkylation sites (tertiary alicyclic amines) is 1. The molecule has 0 spiro atoms. The van der Waals surface area contributed by atoms with Gasteiger partial charge in [0.15, 0.2) is 0 Å². The minimum absolute atomic E-state index is 0.349. The molecule has 21 heavy (non-hydrogen) atoms. The standard InChI is InChI=1S/C16H27N5/c1-16(2,3)5-6-17-14-8-15(19-11-18-14)21-10-12-7-13(21)9-20(12)4/h8,11-13H,5-7,9-10H2,1-4H3,(H,17,18,19). The minimum Gasteiger partial charge on any atom is -0.370 e. The largest absolute Gasteiger partial charge is 0.370 e. The number of nitrogens with zero attached hydrogens (tertiary/aromatic N) is 4. The van der Waals surface area contributed by atoms with Crippen LogP contribution < -0.4 is 10.2 Å². The monoisotopic (exact) mass is 289 g/mol. The Morgan fingerprint density at radius 1 is 1.24 bits per heavy atom. The maximum absolute atomic E-state index is 4.48. The molecular formula is C16H27N5. The Bertz CT molecular complexity index is 494. The molecule has 2 aliphatic heterocycles. The smallest absolute Gasteiger partial charge is 0.134 e. The molecule has 0 aromatic carbocycles. The topological polar surface area (TPSA) is 44.3 Å². The third kappa shape index (κ3) is 3.28. The van der Waals surface area contributed by atoms with Gasteiger partial charge < -0.3 is 10.2 Å². The van der Waals surface area contributed by atoms with Crippen LogP contribution in [0.2, 0.25) is 0 Å². The van der Waals surface area contributed by atoms with Gasteiger partial charge in [0.05, 0.1) is 0 Å². The minimum atomic E-state index is 0.349.